The lowest BCUT2D eigenvalue weighted by molar-refractivity contribution is 0.187. The van der Waals surface area contributed by atoms with Crippen molar-refractivity contribution in [3.8, 4) is 5.75 Å². The Balaban J connectivity index is 1.69. The second kappa shape index (κ2) is 6.44. The number of hydrazine groups is 1. The van der Waals surface area contributed by atoms with E-state index in [0.717, 1.165) is 38.0 Å². The molecule has 1 aromatic heterocycles. The van der Waals surface area contributed by atoms with E-state index in [4.69, 9.17) is 10.6 Å². The molecule has 0 bridgehead atoms. The smallest absolute Gasteiger partial charge is 0.205 e. The van der Waals surface area contributed by atoms with Crippen LogP contribution in [0.4, 0.5) is 11.6 Å². The number of ether oxygens (including phenoxy) is 1. The van der Waals surface area contributed by atoms with Gasteiger partial charge in [-0.15, -0.1) is 0 Å². The van der Waals surface area contributed by atoms with Crippen LogP contribution >= 0.6 is 0 Å². The van der Waals surface area contributed by atoms with Crippen molar-refractivity contribution in [1.29, 1.82) is 0 Å². The topological polar surface area (TPSA) is 79.5 Å². The molecule has 1 aromatic rings. The van der Waals surface area contributed by atoms with Gasteiger partial charge in [-0.05, 0) is 12.8 Å². The van der Waals surface area contributed by atoms with Gasteiger partial charge >= 0.3 is 0 Å². The summed E-state index contributed by atoms with van der Waals surface area (Å²) in [6.07, 6.45) is 7.01. The van der Waals surface area contributed by atoms with Crippen molar-refractivity contribution in [2.45, 2.75) is 31.7 Å². The molecular weight excluding hydrogens is 268 g/mol. The molecule has 0 unspecified atom stereocenters. The molecule has 2 aliphatic rings. The van der Waals surface area contributed by atoms with Gasteiger partial charge in [0.05, 0.1) is 7.11 Å². The monoisotopic (exact) mass is 292 g/mol. The zero-order chi connectivity index (χ0) is 14.7. The normalized spacial score (nSPS) is 20.8. The summed E-state index contributed by atoms with van der Waals surface area (Å²) >= 11 is 0. The van der Waals surface area contributed by atoms with Crippen LogP contribution in [0.15, 0.2) is 6.33 Å². The summed E-state index contributed by atoms with van der Waals surface area (Å²) in [6.45, 7) is 4.11. The first-order chi connectivity index (χ1) is 10.3. The van der Waals surface area contributed by atoms with Crippen LogP contribution in [0.2, 0.25) is 0 Å². The maximum Gasteiger partial charge on any atom is 0.205 e. The number of aromatic nitrogens is 2. The Bertz CT molecular complexity index is 469. The first-order valence-electron chi connectivity index (χ1n) is 7.68. The Hall–Kier alpha value is -1.60. The summed E-state index contributed by atoms with van der Waals surface area (Å²) in [6, 6.07) is 0.792. The Kier molecular flexibility index (Phi) is 4.40. The third kappa shape index (κ3) is 2.89. The number of rotatable bonds is 4. The van der Waals surface area contributed by atoms with E-state index in [1.165, 1.54) is 32.0 Å². The molecule has 3 rings (SSSR count). The molecule has 0 amide bonds. The highest BCUT2D eigenvalue weighted by molar-refractivity contribution is 5.64. The van der Waals surface area contributed by atoms with Crippen LogP contribution in [0.25, 0.3) is 0 Å². The number of piperazine rings is 1. The lowest BCUT2D eigenvalue weighted by Gasteiger charge is -2.38. The van der Waals surface area contributed by atoms with Crippen LogP contribution in [0.1, 0.15) is 25.7 Å². The van der Waals surface area contributed by atoms with E-state index >= 15 is 0 Å². The van der Waals surface area contributed by atoms with E-state index in [0.29, 0.717) is 11.6 Å². The molecule has 0 aromatic carbocycles. The van der Waals surface area contributed by atoms with Gasteiger partial charge in [0.25, 0.3) is 0 Å². The third-order valence-electron chi connectivity index (χ3n) is 4.58. The summed E-state index contributed by atoms with van der Waals surface area (Å²) in [5, 5.41) is 0. The molecule has 1 aliphatic carbocycles. The first kappa shape index (κ1) is 14.3. The molecule has 3 N–H and O–H groups in total. The minimum atomic E-state index is 0.528. The molecule has 116 valence electrons. The molecule has 0 spiro atoms. The number of anilines is 2. The summed E-state index contributed by atoms with van der Waals surface area (Å²) in [7, 11) is 1.62. The molecular formula is C14H24N6O. The van der Waals surface area contributed by atoms with Crippen LogP contribution in [-0.4, -0.2) is 54.2 Å². The van der Waals surface area contributed by atoms with E-state index in [1.807, 2.05) is 0 Å². The minimum Gasteiger partial charge on any atom is -0.490 e. The molecule has 7 heteroatoms. The fourth-order valence-electron chi connectivity index (χ4n) is 3.45. The zero-order valence-corrected chi connectivity index (χ0v) is 12.6. The maximum absolute atomic E-state index is 5.48. The Morgan fingerprint density at radius 1 is 1.19 bits per heavy atom. The number of hydrogen-bond donors (Lipinski definition) is 2. The van der Waals surface area contributed by atoms with Crippen LogP contribution in [0, 0.1) is 0 Å². The van der Waals surface area contributed by atoms with Gasteiger partial charge in [0, 0.05) is 32.2 Å². The molecule has 2 fully saturated rings. The average molecular weight is 292 g/mol. The quantitative estimate of drug-likeness (QED) is 0.628. The van der Waals surface area contributed by atoms with Crippen LogP contribution in [0.3, 0.4) is 0 Å². The second-order valence-electron chi connectivity index (χ2n) is 5.68. The third-order valence-corrected chi connectivity index (χ3v) is 4.58. The molecule has 1 saturated carbocycles. The first-order valence-corrected chi connectivity index (χ1v) is 7.68. The zero-order valence-electron chi connectivity index (χ0n) is 12.6. The number of nitrogen functional groups attached to an aromatic ring is 1. The van der Waals surface area contributed by atoms with Crippen molar-refractivity contribution < 1.29 is 4.74 Å². The van der Waals surface area contributed by atoms with Gasteiger partial charge in [0.15, 0.2) is 11.6 Å². The standard InChI is InChI=1S/C14H24N6O/c1-21-12-13(18-15)16-10-17-14(12)20-8-6-19(7-9-20)11-4-2-3-5-11/h10-11H,2-9,15H2,1H3,(H,16,17,18). The highest BCUT2D eigenvalue weighted by atomic mass is 16.5. The molecule has 0 atom stereocenters. The highest BCUT2D eigenvalue weighted by Gasteiger charge is 2.28. The number of nitrogens with two attached hydrogens (primary N) is 1. The molecule has 1 aliphatic heterocycles. The second-order valence-corrected chi connectivity index (χ2v) is 5.68. The van der Waals surface area contributed by atoms with E-state index in [1.54, 1.807) is 7.11 Å². The van der Waals surface area contributed by atoms with Crippen molar-refractivity contribution in [2.24, 2.45) is 5.84 Å². The van der Waals surface area contributed by atoms with Gasteiger partial charge in [0.2, 0.25) is 5.75 Å². The van der Waals surface area contributed by atoms with Crippen molar-refractivity contribution in [3.63, 3.8) is 0 Å². The van der Waals surface area contributed by atoms with Gasteiger partial charge in [0.1, 0.15) is 6.33 Å². The van der Waals surface area contributed by atoms with E-state index in [9.17, 15) is 0 Å². The van der Waals surface area contributed by atoms with E-state index < -0.39 is 0 Å². The fourth-order valence-corrected chi connectivity index (χ4v) is 3.45. The van der Waals surface area contributed by atoms with Crippen LogP contribution < -0.4 is 20.9 Å². The number of nitrogens with one attached hydrogen (secondary N) is 1. The number of methoxy groups -OCH3 is 1. The van der Waals surface area contributed by atoms with Crippen molar-refractivity contribution in [2.75, 3.05) is 43.6 Å². The largest absolute Gasteiger partial charge is 0.490 e. The lowest BCUT2D eigenvalue weighted by Crippen LogP contribution is -2.50. The highest BCUT2D eigenvalue weighted by Crippen LogP contribution is 2.32. The predicted molar refractivity (Wildman–Crippen MR) is 82.4 cm³/mol. The van der Waals surface area contributed by atoms with Crippen LogP contribution in [-0.2, 0) is 0 Å². The SMILES string of the molecule is COc1c(NN)ncnc1N1CCN(C2CCCC2)CC1. The fraction of sp³-hybridized carbons (Fsp3) is 0.714. The molecule has 7 nitrogen and oxygen atoms in total. The Labute approximate surface area is 125 Å². The van der Waals surface area contributed by atoms with E-state index in [2.05, 4.69) is 25.2 Å². The van der Waals surface area contributed by atoms with Gasteiger partial charge in [-0.1, -0.05) is 12.8 Å². The van der Waals surface area contributed by atoms with E-state index in [-0.39, 0.29) is 0 Å². The predicted octanol–water partition coefficient (Wildman–Crippen LogP) is 0.835. The maximum atomic E-state index is 5.48. The number of hydrogen-bond acceptors (Lipinski definition) is 7. The molecule has 21 heavy (non-hydrogen) atoms. The van der Waals surface area contributed by atoms with Crippen molar-refractivity contribution >= 4 is 11.6 Å². The van der Waals surface area contributed by atoms with Crippen molar-refractivity contribution in [3.05, 3.63) is 6.33 Å². The Morgan fingerprint density at radius 2 is 1.90 bits per heavy atom. The summed E-state index contributed by atoms with van der Waals surface area (Å²) in [4.78, 5) is 13.4. The summed E-state index contributed by atoms with van der Waals surface area (Å²) in [5.41, 5.74) is 2.57. The molecule has 0 radical (unpaired) electrons. The minimum absolute atomic E-state index is 0.528. The van der Waals surface area contributed by atoms with Crippen molar-refractivity contribution in [1.82, 2.24) is 14.9 Å². The average Bonchev–Trinajstić information content (AvgIpc) is 3.08. The van der Waals surface area contributed by atoms with Gasteiger partial charge < -0.3 is 15.1 Å². The van der Waals surface area contributed by atoms with Crippen LogP contribution in [0.5, 0.6) is 5.75 Å². The van der Waals surface area contributed by atoms with Gasteiger partial charge in [-0.25, -0.2) is 15.8 Å². The number of nitrogens with zero attached hydrogens (tertiary/aromatic N) is 4. The van der Waals surface area contributed by atoms with Gasteiger partial charge in [-0.3, -0.25) is 4.90 Å². The lowest BCUT2D eigenvalue weighted by atomic mass is 10.2. The van der Waals surface area contributed by atoms with Gasteiger partial charge in [-0.2, -0.15) is 0 Å². The molecule has 2 heterocycles. The summed E-state index contributed by atoms with van der Waals surface area (Å²) < 4.78 is 5.42. The Morgan fingerprint density at radius 3 is 2.52 bits per heavy atom. The molecule has 1 saturated heterocycles. The summed E-state index contributed by atoms with van der Waals surface area (Å²) in [5.74, 6) is 7.46.